The van der Waals surface area contributed by atoms with Crippen LogP contribution < -0.4 is 11.1 Å². The summed E-state index contributed by atoms with van der Waals surface area (Å²) in [6, 6.07) is 0.318. The fourth-order valence-corrected chi connectivity index (χ4v) is 2.11. The molecule has 2 heteroatoms. The zero-order chi connectivity index (χ0) is 11.5. The third-order valence-corrected chi connectivity index (χ3v) is 4.35. The predicted molar refractivity (Wildman–Crippen MR) is 66.8 cm³/mol. The molecule has 15 heavy (non-hydrogen) atoms. The predicted octanol–water partition coefficient (Wildman–Crippen LogP) is 2.39. The van der Waals surface area contributed by atoms with Crippen LogP contribution in [0.25, 0.3) is 0 Å². The van der Waals surface area contributed by atoms with E-state index in [0.29, 0.717) is 17.4 Å². The summed E-state index contributed by atoms with van der Waals surface area (Å²) in [6.07, 6.45) is 3.98. The Morgan fingerprint density at radius 2 is 1.87 bits per heavy atom. The van der Waals surface area contributed by atoms with Crippen LogP contribution in [0.4, 0.5) is 0 Å². The number of rotatable bonds is 7. The zero-order valence-electron chi connectivity index (χ0n) is 10.8. The Morgan fingerprint density at radius 1 is 1.27 bits per heavy atom. The maximum absolute atomic E-state index is 6.09. The van der Waals surface area contributed by atoms with Gasteiger partial charge in [0.15, 0.2) is 0 Å². The van der Waals surface area contributed by atoms with Crippen molar-refractivity contribution in [1.82, 2.24) is 5.32 Å². The quantitative estimate of drug-likeness (QED) is 0.680. The van der Waals surface area contributed by atoms with Crippen LogP contribution in [0.15, 0.2) is 0 Å². The van der Waals surface area contributed by atoms with E-state index in [1.54, 1.807) is 0 Å². The molecule has 90 valence electrons. The van der Waals surface area contributed by atoms with Crippen molar-refractivity contribution < 1.29 is 0 Å². The van der Waals surface area contributed by atoms with Crippen molar-refractivity contribution >= 4 is 0 Å². The van der Waals surface area contributed by atoms with Gasteiger partial charge in [-0.25, -0.2) is 0 Å². The third kappa shape index (κ3) is 3.46. The van der Waals surface area contributed by atoms with E-state index in [4.69, 9.17) is 5.73 Å². The van der Waals surface area contributed by atoms with Crippen molar-refractivity contribution in [2.75, 3.05) is 13.1 Å². The van der Waals surface area contributed by atoms with Crippen molar-refractivity contribution in [1.29, 1.82) is 0 Å². The van der Waals surface area contributed by atoms with E-state index in [2.05, 4.69) is 33.0 Å². The van der Waals surface area contributed by atoms with E-state index in [1.807, 2.05) is 0 Å². The normalized spacial score (nSPS) is 22.8. The Balaban J connectivity index is 2.16. The lowest BCUT2D eigenvalue weighted by atomic mass is 9.92. The first kappa shape index (κ1) is 13.0. The van der Waals surface area contributed by atoms with Crippen LogP contribution in [0.3, 0.4) is 0 Å². The Kier molecular flexibility index (Phi) is 4.60. The van der Waals surface area contributed by atoms with E-state index in [0.717, 1.165) is 19.0 Å². The molecule has 0 amide bonds. The number of hydrogen-bond acceptors (Lipinski definition) is 2. The summed E-state index contributed by atoms with van der Waals surface area (Å²) in [5, 5.41) is 3.56. The second-order valence-electron chi connectivity index (χ2n) is 5.70. The van der Waals surface area contributed by atoms with E-state index in [-0.39, 0.29) is 0 Å². The van der Waals surface area contributed by atoms with Crippen LogP contribution in [0.1, 0.15) is 47.0 Å². The van der Waals surface area contributed by atoms with Crippen LogP contribution in [0.2, 0.25) is 0 Å². The average Bonchev–Trinajstić information content (AvgIpc) is 2.97. The van der Waals surface area contributed by atoms with Crippen LogP contribution in [0, 0.1) is 17.3 Å². The van der Waals surface area contributed by atoms with Gasteiger partial charge in [-0.05, 0) is 30.1 Å². The minimum absolute atomic E-state index is 0.318. The summed E-state index contributed by atoms with van der Waals surface area (Å²) in [4.78, 5) is 0. The van der Waals surface area contributed by atoms with E-state index in [9.17, 15) is 0 Å². The van der Waals surface area contributed by atoms with Crippen LogP contribution >= 0.6 is 0 Å². The fraction of sp³-hybridized carbons (Fsp3) is 1.00. The Morgan fingerprint density at radius 3 is 2.27 bits per heavy atom. The summed E-state index contributed by atoms with van der Waals surface area (Å²) in [7, 11) is 0. The molecule has 0 aromatic carbocycles. The van der Waals surface area contributed by atoms with Gasteiger partial charge in [-0.15, -0.1) is 0 Å². The smallest absolute Gasteiger partial charge is 0.0191 e. The minimum Gasteiger partial charge on any atom is -0.326 e. The van der Waals surface area contributed by atoms with Gasteiger partial charge in [-0.3, -0.25) is 0 Å². The SMILES string of the molecule is CCC(C)C(N)CNCC1(C(C)C)CC1. The monoisotopic (exact) mass is 212 g/mol. The third-order valence-electron chi connectivity index (χ3n) is 4.35. The summed E-state index contributed by atoms with van der Waals surface area (Å²) in [5.41, 5.74) is 6.70. The molecular weight excluding hydrogens is 184 g/mol. The van der Waals surface area contributed by atoms with Crippen molar-refractivity contribution in [3.8, 4) is 0 Å². The van der Waals surface area contributed by atoms with Crippen molar-refractivity contribution in [2.45, 2.75) is 53.0 Å². The molecule has 0 aromatic heterocycles. The van der Waals surface area contributed by atoms with Crippen LogP contribution in [-0.2, 0) is 0 Å². The molecule has 0 spiro atoms. The maximum Gasteiger partial charge on any atom is 0.0191 e. The van der Waals surface area contributed by atoms with Gasteiger partial charge in [-0.1, -0.05) is 34.1 Å². The van der Waals surface area contributed by atoms with E-state index < -0.39 is 0 Å². The lowest BCUT2D eigenvalue weighted by Gasteiger charge is -2.23. The number of nitrogens with two attached hydrogens (primary N) is 1. The van der Waals surface area contributed by atoms with Crippen molar-refractivity contribution in [3.63, 3.8) is 0 Å². The maximum atomic E-state index is 6.09. The minimum atomic E-state index is 0.318. The fourth-order valence-electron chi connectivity index (χ4n) is 2.11. The molecule has 2 nitrogen and oxygen atoms in total. The molecule has 2 unspecified atom stereocenters. The summed E-state index contributed by atoms with van der Waals surface area (Å²) in [6.45, 7) is 11.3. The number of hydrogen-bond donors (Lipinski definition) is 2. The largest absolute Gasteiger partial charge is 0.326 e. The van der Waals surface area contributed by atoms with Crippen molar-refractivity contribution in [2.24, 2.45) is 23.0 Å². The van der Waals surface area contributed by atoms with Gasteiger partial charge >= 0.3 is 0 Å². The highest BCUT2D eigenvalue weighted by Gasteiger charge is 2.44. The highest BCUT2D eigenvalue weighted by atomic mass is 14.9. The molecule has 0 radical (unpaired) electrons. The number of nitrogens with one attached hydrogen (secondary N) is 1. The molecule has 1 aliphatic rings. The first-order valence-corrected chi connectivity index (χ1v) is 6.48. The van der Waals surface area contributed by atoms with Crippen LogP contribution in [-0.4, -0.2) is 19.1 Å². The van der Waals surface area contributed by atoms with E-state index in [1.165, 1.54) is 19.3 Å². The molecule has 1 fully saturated rings. The molecule has 0 aromatic rings. The van der Waals surface area contributed by atoms with Crippen LogP contribution in [0.5, 0.6) is 0 Å². The Labute approximate surface area is 95.0 Å². The molecule has 0 saturated heterocycles. The molecule has 0 aliphatic heterocycles. The summed E-state index contributed by atoms with van der Waals surface area (Å²) in [5.74, 6) is 1.44. The average molecular weight is 212 g/mol. The van der Waals surface area contributed by atoms with Gasteiger partial charge in [0, 0.05) is 19.1 Å². The van der Waals surface area contributed by atoms with Gasteiger partial charge in [0.1, 0.15) is 0 Å². The van der Waals surface area contributed by atoms with Gasteiger partial charge in [-0.2, -0.15) is 0 Å². The lowest BCUT2D eigenvalue weighted by molar-refractivity contribution is 0.323. The lowest BCUT2D eigenvalue weighted by Crippen LogP contribution is -2.41. The second kappa shape index (κ2) is 5.31. The molecule has 2 atom stereocenters. The standard InChI is InChI=1S/C13H28N2/c1-5-11(4)12(14)8-15-9-13(6-7-13)10(2)3/h10-12,15H,5-9,14H2,1-4H3. The molecule has 1 aliphatic carbocycles. The molecule has 3 N–H and O–H groups in total. The first-order valence-electron chi connectivity index (χ1n) is 6.48. The van der Waals surface area contributed by atoms with Gasteiger partial charge < -0.3 is 11.1 Å². The summed E-state index contributed by atoms with van der Waals surface area (Å²) < 4.78 is 0. The topological polar surface area (TPSA) is 38.0 Å². The van der Waals surface area contributed by atoms with Gasteiger partial charge in [0.2, 0.25) is 0 Å². The molecule has 0 bridgehead atoms. The zero-order valence-corrected chi connectivity index (χ0v) is 10.8. The Bertz CT molecular complexity index is 185. The highest BCUT2D eigenvalue weighted by molar-refractivity contribution is 4.97. The highest BCUT2D eigenvalue weighted by Crippen LogP contribution is 2.51. The van der Waals surface area contributed by atoms with Gasteiger partial charge in [0.05, 0.1) is 0 Å². The molecule has 0 heterocycles. The van der Waals surface area contributed by atoms with E-state index >= 15 is 0 Å². The second-order valence-corrected chi connectivity index (χ2v) is 5.70. The Hall–Kier alpha value is -0.0800. The molecule has 1 rings (SSSR count). The molecule has 1 saturated carbocycles. The first-order chi connectivity index (χ1) is 7.02. The van der Waals surface area contributed by atoms with Crippen molar-refractivity contribution in [3.05, 3.63) is 0 Å². The molecular formula is C13H28N2. The summed E-state index contributed by atoms with van der Waals surface area (Å²) >= 11 is 0. The van der Waals surface area contributed by atoms with Gasteiger partial charge in [0.25, 0.3) is 0 Å².